The van der Waals surface area contributed by atoms with Crippen LogP contribution in [-0.4, -0.2) is 39.4 Å². The summed E-state index contributed by atoms with van der Waals surface area (Å²) in [6.45, 7) is 0. The van der Waals surface area contributed by atoms with Gasteiger partial charge in [0.25, 0.3) is 10.1 Å². The Morgan fingerprint density at radius 1 is 0.593 bits per heavy atom. The fourth-order valence-electron chi connectivity index (χ4n) is 4.72. The maximum absolute atomic E-state index is 12.6. The van der Waals surface area contributed by atoms with Crippen LogP contribution < -0.4 is 45.3 Å². The van der Waals surface area contributed by atoms with Gasteiger partial charge in [0.05, 0.1) is 17.1 Å². The number of benzene rings is 6. The largest absolute Gasteiger partial charge is 1.00 e. The van der Waals surface area contributed by atoms with Crippen LogP contribution in [0.25, 0.3) is 10.8 Å². The molecule has 0 aliphatic heterocycles. The third-order valence-electron chi connectivity index (χ3n) is 7.28. The molecule has 0 heterocycles. The maximum atomic E-state index is 12.6. The number of nitrogens with zero attached hydrogens (tertiary/aromatic N) is 6. The van der Waals surface area contributed by atoms with Gasteiger partial charge in [-0.2, -0.15) is 23.8 Å². The third-order valence-corrected chi connectivity index (χ3v) is 8.15. The van der Waals surface area contributed by atoms with Crippen LogP contribution >= 0.6 is 0 Å². The fourth-order valence-corrected chi connectivity index (χ4v) is 5.37. The molecule has 0 saturated heterocycles. The molecule has 0 radical (unpaired) electrons. The SMILES string of the molecule is O=C(Nc1ccc(N=Nc2ccc([O-])cc2O)cc1)Nc1ccc(N=Nc2c(S(=O)(=O)O)cc3ccc(N=Nc4ccc(O)cc4O)cc3c2O)cc1.[Na+]. The number of azo groups is 3. The molecule has 0 aliphatic carbocycles. The van der Waals surface area contributed by atoms with Crippen molar-refractivity contribution < 1.29 is 72.9 Å². The molecular formula is C35H25N8NaO9S. The van der Waals surface area contributed by atoms with Gasteiger partial charge in [-0.25, -0.2) is 4.79 Å². The number of hydrogen-bond acceptors (Lipinski definition) is 14. The van der Waals surface area contributed by atoms with Crippen molar-refractivity contribution in [3.05, 3.63) is 109 Å². The van der Waals surface area contributed by atoms with Crippen molar-refractivity contribution >= 4 is 72.4 Å². The Bertz CT molecular complexity index is 2570. The summed E-state index contributed by atoms with van der Waals surface area (Å²) in [4.78, 5) is 11.9. The van der Waals surface area contributed by atoms with E-state index in [1.165, 1.54) is 66.7 Å². The molecular weight excluding hydrogens is 731 g/mol. The Balaban J connectivity index is 0.00000561. The summed E-state index contributed by atoms with van der Waals surface area (Å²) in [6, 6.07) is 24.4. The van der Waals surface area contributed by atoms with Gasteiger partial charge >= 0.3 is 35.6 Å². The van der Waals surface area contributed by atoms with Crippen molar-refractivity contribution in [3.63, 3.8) is 0 Å². The average molecular weight is 757 g/mol. The molecule has 0 aromatic heterocycles. The summed E-state index contributed by atoms with van der Waals surface area (Å²) < 4.78 is 34.4. The quantitative estimate of drug-likeness (QED) is 0.0526. The minimum atomic E-state index is -4.87. The zero-order chi connectivity index (χ0) is 37.7. The van der Waals surface area contributed by atoms with Gasteiger partial charge in [-0.15, -0.1) is 21.1 Å². The first-order valence-corrected chi connectivity index (χ1v) is 16.6. The molecule has 0 spiro atoms. The number of carbonyl (C=O) groups is 1. The van der Waals surface area contributed by atoms with Crippen molar-refractivity contribution in [1.29, 1.82) is 0 Å². The molecule has 266 valence electrons. The predicted molar refractivity (Wildman–Crippen MR) is 191 cm³/mol. The number of urea groups is 1. The van der Waals surface area contributed by atoms with Gasteiger partial charge in [0.1, 0.15) is 39.2 Å². The number of nitrogens with one attached hydrogen (secondary N) is 2. The molecule has 2 amide bonds. The van der Waals surface area contributed by atoms with Crippen LogP contribution in [0.5, 0.6) is 28.7 Å². The van der Waals surface area contributed by atoms with Crippen LogP contribution in [0.4, 0.5) is 50.3 Å². The molecule has 7 N–H and O–H groups in total. The van der Waals surface area contributed by atoms with Crippen molar-refractivity contribution in [2.45, 2.75) is 4.90 Å². The van der Waals surface area contributed by atoms with E-state index in [0.717, 1.165) is 18.2 Å². The average Bonchev–Trinajstić information content (AvgIpc) is 3.11. The number of rotatable bonds is 9. The molecule has 0 saturated carbocycles. The molecule has 17 nitrogen and oxygen atoms in total. The Kier molecular flexibility index (Phi) is 11.8. The molecule has 0 aliphatic rings. The monoisotopic (exact) mass is 756 g/mol. The number of amides is 2. The van der Waals surface area contributed by atoms with Crippen LogP contribution in [0.3, 0.4) is 0 Å². The maximum Gasteiger partial charge on any atom is 1.00 e. The molecule has 54 heavy (non-hydrogen) atoms. The second-order valence-corrected chi connectivity index (χ2v) is 12.4. The van der Waals surface area contributed by atoms with Gasteiger partial charge in [-0.1, -0.05) is 12.1 Å². The van der Waals surface area contributed by atoms with E-state index in [1.807, 2.05) is 0 Å². The summed E-state index contributed by atoms with van der Waals surface area (Å²) in [5.41, 5.74) is 1.27. The fraction of sp³-hybridized carbons (Fsp3) is 0. The number of phenolic OH excluding ortho intramolecular Hbond substituents is 4. The van der Waals surface area contributed by atoms with Gasteiger partial charge in [0, 0.05) is 22.8 Å². The zero-order valence-electron chi connectivity index (χ0n) is 27.9. The van der Waals surface area contributed by atoms with Crippen molar-refractivity contribution in [1.82, 2.24) is 0 Å². The first kappa shape index (κ1) is 38.8. The summed E-state index contributed by atoms with van der Waals surface area (Å²) in [5, 5.41) is 80.9. The summed E-state index contributed by atoms with van der Waals surface area (Å²) in [6.07, 6.45) is 0. The van der Waals surface area contributed by atoms with Crippen LogP contribution in [0.1, 0.15) is 0 Å². The topological polar surface area (TPSA) is 274 Å². The van der Waals surface area contributed by atoms with Gasteiger partial charge < -0.3 is 36.2 Å². The second-order valence-electron chi connectivity index (χ2n) is 11.0. The van der Waals surface area contributed by atoms with E-state index in [4.69, 9.17) is 0 Å². The number of fused-ring (bicyclic) bond motifs is 1. The van der Waals surface area contributed by atoms with E-state index in [-0.39, 0.29) is 86.1 Å². The van der Waals surface area contributed by atoms with Crippen molar-refractivity contribution in [3.8, 4) is 28.7 Å². The summed E-state index contributed by atoms with van der Waals surface area (Å²) in [7, 11) is -4.87. The first-order valence-electron chi connectivity index (χ1n) is 15.1. The predicted octanol–water partition coefficient (Wildman–Crippen LogP) is 5.88. The number of aromatic hydroxyl groups is 4. The molecule has 19 heteroatoms. The Hall–Kier alpha value is -6.44. The van der Waals surface area contributed by atoms with Gasteiger partial charge in [-0.05, 0) is 96.4 Å². The second kappa shape index (κ2) is 16.5. The van der Waals surface area contributed by atoms with E-state index in [1.54, 1.807) is 24.3 Å². The Labute approximate surface area is 327 Å². The minimum Gasteiger partial charge on any atom is -0.872 e. The minimum absolute atomic E-state index is 0. The summed E-state index contributed by atoms with van der Waals surface area (Å²) >= 11 is 0. The van der Waals surface area contributed by atoms with Gasteiger partial charge in [0.15, 0.2) is 5.75 Å². The summed E-state index contributed by atoms with van der Waals surface area (Å²) in [5.74, 6) is -1.76. The van der Waals surface area contributed by atoms with Gasteiger partial charge in [-0.3, -0.25) is 4.55 Å². The first-order chi connectivity index (χ1) is 25.3. The van der Waals surface area contributed by atoms with Crippen LogP contribution in [0.15, 0.2) is 145 Å². The van der Waals surface area contributed by atoms with Crippen LogP contribution in [0.2, 0.25) is 0 Å². The number of hydrogen-bond donors (Lipinski definition) is 7. The standard InChI is InChI=1S/C35H26N8O9S.Na/c44-25-11-13-28(30(46)17-25)41-38-22-7-3-20(4-8-22)36-35(49)37-21-5-9-23(10-6-21)39-43-33-32(53(50,51)52)15-19-1-2-24(16-27(19)34(33)48)40-42-29-14-12-26(45)18-31(29)47;/h1-18,44-48H,(H2,36,37,49)(H,50,51,52);/q;+1/p-1. The molecule has 6 rings (SSSR count). The molecule has 0 bridgehead atoms. The van der Waals surface area contributed by atoms with Crippen LogP contribution in [0, 0.1) is 0 Å². The number of anilines is 2. The molecule has 0 fully saturated rings. The van der Waals surface area contributed by atoms with Crippen LogP contribution in [-0.2, 0) is 10.1 Å². The Morgan fingerprint density at radius 2 is 1.11 bits per heavy atom. The van der Waals surface area contributed by atoms with E-state index in [2.05, 4.69) is 41.3 Å². The molecule has 6 aromatic rings. The van der Waals surface area contributed by atoms with E-state index in [0.29, 0.717) is 17.1 Å². The van der Waals surface area contributed by atoms with Gasteiger partial charge in [0.2, 0.25) is 0 Å². The molecule has 0 unspecified atom stereocenters. The Morgan fingerprint density at radius 3 is 1.67 bits per heavy atom. The van der Waals surface area contributed by atoms with E-state index < -0.39 is 32.5 Å². The van der Waals surface area contributed by atoms with E-state index >= 15 is 0 Å². The number of carbonyl (C=O) groups excluding carboxylic acids is 1. The van der Waals surface area contributed by atoms with E-state index in [9.17, 15) is 43.3 Å². The molecule has 6 aromatic carbocycles. The normalized spacial score (nSPS) is 11.6. The zero-order valence-corrected chi connectivity index (χ0v) is 30.7. The smallest absolute Gasteiger partial charge is 0.872 e. The van der Waals surface area contributed by atoms with Crippen molar-refractivity contribution in [2.75, 3.05) is 10.6 Å². The van der Waals surface area contributed by atoms with Crippen molar-refractivity contribution in [2.24, 2.45) is 30.7 Å². The number of phenols is 4. The third kappa shape index (κ3) is 9.50. The molecule has 0 atom stereocenters.